The lowest BCUT2D eigenvalue weighted by Gasteiger charge is -2.14. The second kappa shape index (κ2) is 11.6. The third-order valence-electron chi connectivity index (χ3n) is 11.5. The molecule has 0 spiro atoms. The summed E-state index contributed by atoms with van der Waals surface area (Å²) in [5.74, 6) is 0. The zero-order valence-electron chi connectivity index (χ0n) is 29.8. The van der Waals surface area contributed by atoms with Crippen molar-refractivity contribution in [1.82, 2.24) is 9.13 Å². The Morgan fingerprint density at radius 3 is 1.78 bits per heavy atom. The lowest BCUT2D eigenvalue weighted by molar-refractivity contribution is 0.666. The largest absolute Gasteiger partial charge is 0.454 e. The summed E-state index contributed by atoms with van der Waals surface area (Å²) in [7, 11) is 0. The van der Waals surface area contributed by atoms with E-state index in [0.29, 0.717) is 0 Å². The minimum atomic E-state index is 0.883. The average molecular weight is 701 g/mol. The van der Waals surface area contributed by atoms with Gasteiger partial charge in [-0.15, -0.1) is 0 Å². The highest BCUT2D eigenvalue weighted by Crippen LogP contribution is 2.43. The summed E-state index contributed by atoms with van der Waals surface area (Å²) < 4.78 is 11.6. The molecule has 0 saturated carbocycles. The smallest absolute Gasteiger partial charge is 0.159 e. The predicted molar refractivity (Wildman–Crippen MR) is 231 cm³/mol. The van der Waals surface area contributed by atoms with E-state index >= 15 is 0 Å². The van der Waals surface area contributed by atoms with Crippen LogP contribution in [0.1, 0.15) is 0 Å². The standard InChI is InChI=1S/C52H32N2O/c1-2-15-37(16-3-1)53-46-22-9-7-19-41(46)44-29-34(26-28-48(44)53)35-25-27-42-40-18-6-10-23-47(40)54(49(42)31-35)50-32-36(39-21-12-14-33-13-4-5-17-38(33)39)30-45-43-20-8-11-24-51(43)55-52(45)50/h1-32H. The lowest BCUT2D eigenvalue weighted by atomic mass is 9.96. The van der Waals surface area contributed by atoms with Gasteiger partial charge in [-0.25, -0.2) is 0 Å². The van der Waals surface area contributed by atoms with Gasteiger partial charge in [0.2, 0.25) is 0 Å². The molecule has 0 amide bonds. The molecular formula is C52H32N2O. The molecule has 0 unspecified atom stereocenters. The zero-order chi connectivity index (χ0) is 36.0. The number of aromatic nitrogens is 2. The van der Waals surface area contributed by atoms with Gasteiger partial charge in [-0.05, 0) is 93.7 Å². The van der Waals surface area contributed by atoms with Gasteiger partial charge in [0.15, 0.2) is 5.58 Å². The molecule has 256 valence electrons. The van der Waals surface area contributed by atoms with Crippen LogP contribution in [-0.4, -0.2) is 9.13 Å². The summed E-state index contributed by atoms with van der Waals surface area (Å²) in [5.41, 5.74) is 13.4. The molecule has 3 aromatic heterocycles. The van der Waals surface area contributed by atoms with E-state index in [1.165, 1.54) is 60.0 Å². The van der Waals surface area contributed by atoms with E-state index < -0.39 is 0 Å². The number of benzene rings is 9. The van der Waals surface area contributed by atoms with Crippen LogP contribution in [0.4, 0.5) is 0 Å². The summed E-state index contributed by atoms with van der Waals surface area (Å²) in [6.07, 6.45) is 0. The number of para-hydroxylation sites is 4. The second-order valence-electron chi connectivity index (χ2n) is 14.5. The van der Waals surface area contributed by atoms with Crippen molar-refractivity contribution in [1.29, 1.82) is 0 Å². The van der Waals surface area contributed by atoms with Crippen molar-refractivity contribution < 1.29 is 4.42 Å². The van der Waals surface area contributed by atoms with Crippen LogP contribution < -0.4 is 0 Å². The number of fused-ring (bicyclic) bond motifs is 10. The molecule has 3 nitrogen and oxygen atoms in total. The first-order valence-corrected chi connectivity index (χ1v) is 18.8. The minimum absolute atomic E-state index is 0.883. The van der Waals surface area contributed by atoms with Crippen molar-refractivity contribution in [2.24, 2.45) is 0 Å². The summed E-state index contributed by atoms with van der Waals surface area (Å²) in [6, 6.07) is 70.3. The third-order valence-corrected chi connectivity index (χ3v) is 11.5. The van der Waals surface area contributed by atoms with Crippen LogP contribution in [-0.2, 0) is 0 Å². The molecule has 9 aromatic carbocycles. The Kier molecular flexibility index (Phi) is 6.34. The minimum Gasteiger partial charge on any atom is -0.454 e. The molecule has 0 N–H and O–H groups in total. The Bertz CT molecular complexity index is 3480. The quantitative estimate of drug-likeness (QED) is 0.179. The van der Waals surface area contributed by atoms with E-state index in [-0.39, 0.29) is 0 Å². The third kappa shape index (κ3) is 4.44. The molecule has 0 aliphatic heterocycles. The van der Waals surface area contributed by atoms with Gasteiger partial charge in [-0.1, -0.05) is 133 Å². The maximum absolute atomic E-state index is 6.80. The summed E-state index contributed by atoms with van der Waals surface area (Å²) in [4.78, 5) is 0. The van der Waals surface area contributed by atoms with Gasteiger partial charge in [-0.3, -0.25) is 0 Å². The fourth-order valence-corrected chi connectivity index (χ4v) is 9.03. The van der Waals surface area contributed by atoms with Crippen molar-refractivity contribution in [3.63, 3.8) is 0 Å². The van der Waals surface area contributed by atoms with Crippen LogP contribution >= 0.6 is 0 Å². The molecule has 3 heterocycles. The topological polar surface area (TPSA) is 23.0 Å². The van der Waals surface area contributed by atoms with Crippen LogP contribution in [0.3, 0.4) is 0 Å². The van der Waals surface area contributed by atoms with Crippen LogP contribution in [0.5, 0.6) is 0 Å². The number of hydrogen-bond donors (Lipinski definition) is 0. The SMILES string of the molecule is c1ccc(-n2c3ccccc3c3cc(-c4ccc5c6ccccc6n(-c6cc(-c7cccc8ccccc78)cc7c6oc6ccccc67)c5c4)ccc32)cc1. The highest BCUT2D eigenvalue weighted by Gasteiger charge is 2.21. The number of nitrogens with zero attached hydrogens (tertiary/aromatic N) is 2. The van der Waals surface area contributed by atoms with Gasteiger partial charge in [0.1, 0.15) is 5.58 Å². The Hall–Kier alpha value is -7.36. The lowest BCUT2D eigenvalue weighted by Crippen LogP contribution is -1.96. The van der Waals surface area contributed by atoms with E-state index in [4.69, 9.17) is 4.42 Å². The van der Waals surface area contributed by atoms with Crippen LogP contribution in [0.25, 0.3) is 110 Å². The average Bonchev–Trinajstić information content (AvgIpc) is 3.91. The first-order chi connectivity index (χ1) is 27.3. The number of rotatable bonds is 4. The van der Waals surface area contributed by atoms with Gasteiger partial charge in [-0.2, -0.15) is 0 Å². The van der Waals surface area contributed by atoms with Gasteiger partial charge in [0.25, 0.3) is 0 Å². The van der Waals surface area contributed by atoms with Gasteiger partial charge in [0, 0.05) is 38.0 Å². The zero-order valence-corrected chi connectivity index (χ0v) is 29.8. The predicted octanol–water partition coefficient (Wildman–Crippen LogP) is 14.3. The molecule has 0 radical (unpaired) electrons. The van der Waals surface area contributed by atoms with Gasteiger partial charge < -0.3 is 13.6 Å². The molecule has 12 aromatic rings. The maximum atomic E-state index is 6.80. The van der Waals surface area contributed by atoms with Crippen molar-refractivity contribution in [3.05, 3.63) is 194 Å². The number of hydrogen-bond acceptors (Lipinski definition) is 1. The van der Waals surface area contributed by atoms with E-state index in [1.807, 2.05) is 0 Å². The molecule has 0 bridgehead atoms. The fourth-order valence-electron chi connectivity index (χ4n) is 9.03. The Morgan fingerprint density at radius 2 is 0.927 bits per heavy atom. The van der Waals surface area contributed by atoms with Crippen LogP contribution in [0, 0.1) is 0 Å². The maximum Gasteiger partial charge on any atom is 0.159 e. The highest BCUT2D eigenvalue weighted by molar-refractivity contribution is 6.15. The van der Waals surface area contributed by atoms with Gasteiger partial charge >= 0.3 is 0 Å². The molecule has 0 aliphatic rings. The fraction of sp³-hybridized carbons (Fsp3) is 0. The molecule has 0 atom stereocenters. The normalized spacial score (nSPS) is 12.0. The molecule has 0 saturated heterocycles. The van der Waals surface area contributed by atoms with Crippen molar-refractivity contribution >= 4 is 76.3 Å². The summed E-state index contributed by atoms with van der Waals surface area (Å²) in [6.45, 7) is 0. The molecule has 0 fully saturated rings. The van der Waals surface area contributed by atoms with E-state index in [2.05, 4.69) is 203 Å². The van der Waals surface area contributed by atoms with Crippen LogP contribution in [0.2, 0.25) is 0 Å². The first kappa shape index (κ1) is 30.1. The first-order valence-electron chi connectivity index (χ1n) is 18.8. The highest BCUT2D eigenvalue weighted by atomic mass is 16.3. The van der Waals surface area contributed by atoms with E-state index in [0.717, 1.165) is 49.9 Å². The molecule has 12 rings (SSSR count). The van der Waals surface area contributed by atoms with Crippen molar-refractivity contribution in [2.75, 3.05) is 0 Å². The molecule has 3 heteroatoms. The van der Waals surface area contributed by atoms with Crippen molar-refractivity contribution in [2.45, 2.75) is 0 Å². The Morgan fingerprint density at radius 1 is 0.327 bits per heavy atom. The van der Waals surface area contributed by atoms with E-state index in [9.17, 15) is 0 Å². The van der Waals surface area contributed by atoms with Gasteiger partial charge in [0.05, 0.1) is 27.8 Å². The van der Waals surface area contributed by atoms with E-state index in [1.54, 1.807) is 0 Å². The molecule has 55 heavy (non-hydrogen) atoms. The second-order valence-corrected chi connectivity index (χ2v) is 14.5. The summed E-state index contributed by atoms with van der Waals surface area (Å²) in [5, 5.41) is 9.59. The number of furan rings is 1. The summed E-state index contributed by atoms with van der Waals surface area (Å²) >= 11 is 0. The Balaban J connectivity index is 1.14. The molecule has 0 aliphatic carbocycles. The van der Waals surface area contributed by atoms with Crippen LogP contribution in [0.15, 0.2) is 199 Å². The van der Waals surface area contributed by atoms with Crippen molar-refractivity contribution in [3.8, 4) is 33.6 Å². The molecular weight excluding hydrogens is 669 g/mol. The monoisotopic (exact) mass is 700 g/mol. The Labute approximate surface area is 316 Å².